The van der Waals surface area contributed by atoms with Crippen LogP contribution in [0.25, 0.3) is 0 Å². The Labute approximate surface area is 110 Å². The molecule has 0 bridgehead atoms. The average Bonchev–Trinajstić information content (AvgIpc) is 2.20. The van der Waals surface area contributed by atoms with Gasteiger partial charge in [0.1, 0.15) is 0 Å². The minimum absolute atomic E-state index is 0.512. The summed E-state index contributed by atoms with van der Waals surface area (Å²) in [5.74, 6) is 0. The predicted octanol–water partition coefficient (Wildman–Crippen LogP) is 4.75. The third kappa shape index (κ3) is 4.09. The summed E-state index contributed by atoms with van der Waals surface area (Å²) in [6, 6.07) is 5.39. The normalized spacial score (nSPS) is 9.88. The highest BCUT2D eigenvalue weighted by molar-refractivity contribution is 6.41. The number of rotatable bonds is 5. The van der Waals surface area contributed by atoms with E-state index in [4.69, 9.17) is 40.1 Å². The smallest absolute Gasteiger partial charge is 0.0720 e. The van der Waals surface area contributed by atoms with Crippen molar-refractivity contribution in [2.24, 2.45) is 0 Å². The van der Waals surface area contributed by atoms with Gasteiger partial charge in [0, 0.05) is 18.0 Å². The van der Waals surface area contributed by atoms with Crippen LogP contribution in [0.2, 0.25) is 15.1 Å². The van der Waals surface area contributed by atoms with Gasteiger partial charge in [0.05, 0.1) is 21.8 Å². The van der Waals surface area contributed by atoms with Crippen LogP contribution in [0.3, 0.4) is 0 Å². The van der Waals surface area contributed by atoms with Gasteiger partial charge in [0.25, 0.3) is 0 Å². The van der Waals surface area contributed by atoms with Crippen molar-refractivity contribution in [2.75, 3.05) is 11.9 Å². The van der Waals surface area contributed by atoms with Gasteiger partial charge in [-0.25, -0.2) is 0 Å². The maximum atomic E-state index is 8.37. The number of nitriles is 1. The lowest BCUT2D eigenvalue weighted by molar-refractivity contribution is 0.785. The van der Waals surface area contributed by atoms with Gasteiger partial charge in [-0.05, 0) is 25.0 Å². The van der Waals surface area contributed by atoms with Crippen LogP contribution in [0.15, 0.2) is 12.1 Å². The fourth-order valence-electron chi connectivity index (χ4n) is 1.25. The van der Waals surface area contributed by atoms with Crippen LogP contribution in [0.5, 0.6) is 0 Å². The molecule has 0 saturated carbocycles. The van der Waals surface area contributed by atoms with E-state index in [1.54, 1.807) is 12.1 Å². The lowest BCUT2D eigenvalue weighted by atomic mass is 10.2. The summed E-state index contributed by atoms with van der Waals surface area (Å²) < 4.78 is 0. The molecule has 5 heteroatoms. The number of halogens is 3. The summed E-state index contributed by atoms with van der Waals surface area (Å²) in [5, 5.41) is 13.1. The van der Waals surface area contributed by atoms with Gasteiger partial charge in [-0.3, -0.25) is 0 Å². The molecule has 0 unspecified atom stereocenters. The molecule has 1 rings (SSSR count). The van der Waals surface area contributed by atoms with E-state index in [-0.39, 0.29) is 0 Å². The Morgan fingerprint density at radius 3 is 2.31 bits per heavy atom. The van der Waals surface area contributed by atoms with E-state index in [0.717, 1.165) is 19.4 Å². The van der Waals surface area contributed by atoms with Crippen LogP contribution < -0.4 is 5.32 Å². The van der Waals surface area contributed by atoms with Gasteiger partial charge < -0.3 is 5.32 Å². The molecule has 86 valence electrons. The van der Waals surface area contributed by atoms with E-state index in [1.165, 1.54) is 0 Å². The summed E-state index contributed by atoms with van der Waals surface area (Å²) in [4.78, 5) is 0. The Bertz CT molecular complexity index is 376. The molecule has 16 heavy (non-hydrogen) atoms. The zero-order chi connectivity index (χ0) is 12.0. The second-order valence-corrected chi connectivity index (χ2v) is 4.54. The number of nitrogens with zero attached hydrogens (tertiary/aromatic N) is 1. The molecule has 1 aromatic rings. The maximum Gasteiger partial charge on any atom is 0.0720 e. The molecular weight excluding hydrogens is 266 g/mol. The topological polar surface area (TPSA) is 35.8 Å². The van der Waals surface area contributed by atoms with Gasteiger partial charge in [-0.15, -0.1) is 0 Å². The molecule has 2 nitrogen and oxygen atoms in total. The molecule has 0 fully saturated rings. The first-order chi connectivity index (χ1) is 7.65. The maximum absolute atomic E-state index is 8.37. The van der Waals surface area contributed by atoms with Crippen molar-refractivity contribution in [1.82, 2.24) is 0 Å². The Morgan fingerprint density at radius 1 is 1.12 bits per heavy atom. The number of benzene rings is 1. The zero-order valence-corrected chi connectivity index (χ0v) is 10.8. The summed E-state index contributed by atoms with van der Waals surface area (Å²) >= 11 is 17.8. The second kappa shape index (κ2) is 6.85. The minimum Gasteiger partial charge on any atom is -0.383 e. The van der Waals surface area contributed by atoms with Crippen molar-refractivity contribution in [3.05, 3.63) is 27.2 Å². The fourth-order valence-corrected chi connectivity index (χ4v) is 2.20. The molecule has 0 spiro atoms. The Hall–Kier alpha value is -0.620. The summed E-state index contributed by atoms with van der Waals surface area (Å²) in [6.45, 7) is 0.739. The van der Waals surface area contributed by atoms with E-state index in [9.17, 15) is 0 Å². The van der Waals surface area contributed by atoms with Crippen molar-refractivity contribution in [3.63, 3.8) is 0 Å². The Balaban J connectivity index is 2.51. The summed E-state index contributed by atoms with van der Waals surface area (Å²) in [5.41, 5.74) is 0.699. The SMILES string of the molecule is N#CCCCCNc1c(Cl)cc(Cl)cc1Cl. The van der Waals surface area contributed by atoms with Gasteiger partial charge in [0.15, 0.2) is 0 Å². The second-order valence-electron chi connectivity index (χ2n) is 3.29. The van der Waals surface area contributed by atoms with Crippen molar-refractivity contribution in [2.45, 2.75) is 19.3 Å². The average molecular weight is 278 g/mol. The summed E-state index contributed by atoms with van der Waals surface area (Å²) in [7, 11) is 0. The van der Waals surface area contributed by atoms with Gasteiger partial charge >= 0.3 is 0 Å². The van der Waals surface area contributed by atoms with Crippen molar-refractivity contribution < 1.29 is 0 Å². The van der Waals surface area contributed by atoms with Crippen LogP contribution >= 0.6 is 34.8 Å². The number of nitrogens with one attached hydrogen (secondary N) is 1. The Morgan fingerprint density at radius 2 is 1.75 bits per heavy atom. The molecule has 1 aromatic carbocycles. The van der Waals surface area contributed by atoms with Crippen molar-refractivity contribution >= 4 is 40.5 Å². The molecule has 0 amide bonds. The third-order valence-electron chi connectivity index (χ3n) is 2.02. The van der Waals surface area contributed by atoms with E-state index < -0.39 is 0 Å². The monoisotopic (exact) mass is 276 g/mol. The van der Waals surface area contributed by atoms with E-state index in [0.29, 0.717) is 27.2 Å². The summed E-state index contributed by atoms with van der Waals surface area (Å²) in [6.07, 6.45) is 2.35. The molecule has 0 aromatic heterocycles. The molecule has 0 aliphatic carbocycles. The van der Waals surface area contributed by atoms with Crippen LogP contribution in [0, 0.1) is 11.3 Å². The van der Waals surface area contributed by atoms with Gasteiger partial charge in [0.2, 0.25) is 0 Å². The molecule has 0 aliphatic rings. The van der Waals surface area contributed by atoms with E-state index in [1.807, 2.05) is 0 Å². The number of hydrogen-bond acceptors (Lipinski definition) is 2. The highest BCUT2D eigenvalue weighted by Crippen LogP contribution is 2.33. The first kappa shape index (κ1) is 13.4. The van der Waals surface area contributed by atoms with Crippen LogP contribution in [0.4, 0.5) is 5.69 Å². The van der Waals surface area contributed by atoms with Crippen molar-refractivity contribution in [1.29, 1.82) is 5.26 Å². The highest BCUT2D eigenvalue weighted by Gasteiger charge is 2.06. The lowest BCUT2D eigenvalue weighted by Crippen LogP contribution is -2.02. The lowest BCUT2D eigenvalue weighted by Gasteiger charge is -2.10. The quantitative estimate of drug-likeness (QED) is 0.788. The Kier molecular flexibility index (Phi) is 5.76. The molecule has 0 aliphatic heterocycles. The van der Waals surface area contributed by atoms with Gasteiger partial charge in [-0.2, -0.15) is 5.26 Å². The number of unbranched alkanes of at least 4 members (excludes halogenated alkanes) is 2. The molecule has 0 saturated heterocycles. The minimum atomic E-state index is 0.512. The van der Waals surface area contributed by atoms with E-state index >= 15 is 0 Å². The molecule has 0 heterocycles. The molecule has 1 N–H and O–H groups in total. The first-order valence-electron chi connectivity index (χ1n) is 4.90. The highest BCUT2D eigenvalue weighted by atomic mass is 35.5. The zero-order valence-electron chi connectivity index (χ0n) is 8.56. The molecule has 0 atom stereocenters. The number of anilines is 1. The van der Waals surface area contributed by atoms with Crippen molar-refractivity contribution in [3.8, 4) is 6.07 Å². The molecular formula is C11H11Cl3N2. The van der Waals surface area contributed by atoms with Crippen LogP contribution in [-0.2, 0) is 0 Å². The molecule has 0 radical (unpaired) electrons. The van der Waals surface area contributed by atoms with Crippen LogP contribution in [0.1, 0.15) is 19.3 Å². The first-order valence-corrected chi connectivity index (χ1v) is 6.04. The standard InChI is InChI=1S/C11H11Cl3N2/c12-8-6-9(13)11(10(14)7-8)16-5-3-1-2-4-15/h6-7,16H,1-3,5H2. The van der Waals surface area contributed by atoms with E-state index in [2.05, 4.69) is 11.4 Å². The fraction of sp³-hybridized carbons (Fsp3) is 0.364. The number of hydrogen-bond donors (Lipinski definition) is 1. The predicted molar refractivity (Wildman–Crippen MR) is 69.4 cm³/mol. The third-order valence-corrected chi connectivity index (χ3v) is 2.84. The van der Waals surface area contributed by atoms with Crippen LogP contribution in [-0.4, -0.2) is 6.54 Å². The largest absolute Gasteiger partial charge is 0.383 e. The van der Waals surface area contributed by atoms with Gasteiger partial charge in [-0.1, -0.05) is 34.8 Å².